The lowest BCUT2D eigenvalue weighted by molar-refractivity contribution is -0.143. The summed E-state index contributed by atoms with van der Waals surface area (Å²) >= 11 is 12.4. The van der Waals surface area contributed by atoms with Crippen molar-refractivity contribution in [2.45, 2.75) is 63.3 Å². The summed E-state index contributed by atoms with van der Waals surface area (Å²) in [6.45, 7) is 2.87. The molecule has 0 amide bonds. The quantitative estimate of drug-likeness (QED) is 0.238. The highest BCUT2D eigenvalue weighted by Gasteiger charge is 2.40. The average molecular weight is 650 g/mol. The van der Waals surface area contributed by atoms with Gasteiger partial charge >= 0.3 is 12.4 Å². The lowest BCUT2D eigenvalue weighted by atomic mass is 10.0. The minimum Gasteiger partial charge on any atom is -0.391 e. The minimum absolute atomic E-state index is 0.0239. The molecule has 0 aliphatic carbocycles. The van der Waals surface area contributed by atoms with Crippen LogP contribution in [-0.2, 0) is 18.9 Å². The number of aromatic nitrogens is 4. The zero-order valence-electron chi connectivity index (χ0n) is 22.7. The van der Waals surface area contributed by atoms with Crippen molar-refractivity contribution in [1.29, 1.82) is 0 Å². The van der Waals surface area contributed by atoms with Crippen molar-refractivity contribution in [3.8, 4) is 0 Å². The molecule has 1 aromatic carbocycles. The second-order valence-electron chi connectivity index (χ2n) is 10.6. The summed E-state index contributed by atoms with van der Waals surface area (Å²) < 4.78 is 81.9. The van der Waals surface area contributed by atoms with Gasteiger partial charge in [0, 0.05) is 32.2 Å². The van der Waals surface area contributed by atoms with Gasteiger partial charge in [0.2, 0.25) is 11.2 Å². The van der Waals surface area contributed by atoms with E-state index >= 15 is 0 Å². The van der Waals surface area contributed by atoms with E-state index in [9.17, 15) is 31.4 Å². The molecule has 3 atom stereocenters. The molecule has 43 heavy (non-hydrogen) atoms. The Bertz CT molecular complexity index is 1410. The molecule has 5 rings (SSSR count). The molecular weight excluding hydrogens is 623 g/mol. The molecule has 0 bridgehead atoms. The number of β-amino-alcohol motifs (C(OH)–C–C–N with tert-alkyl or cyclic N) is 1. The third-order valence-electron chi connectivity index (χ3n) is 7.68. The van der Waals surface area contributed by atoms with Crippen LogP contribution in [0.1, 0.15) is 42.9 Å². The standard InChI is InChI=1S/C27H27Cl2F6N7O/c1-2-18-8-19(13-41(18)23-22(28)11-36-24(29)39-23)42(25-37-9-20(10-38-25)40-4-3-21(43)14-40)12-15-5-16(26(30,31)32)7-17(6-15)27(33,34)35/h5-7,9-11,18-19,21,43H,2-4,8,12-14H2,1H3/t18-,19+,21+/m1/s1. The molecule has 2 aromatic heterocycles. The average Bonchev–Trinajstić information content (AvgIpc) is 3.58. The van der Waals surface area contributed by atoms with Gasteiger partial charge in [-0.25, -0.2) is 15.0 Å². The van der Waals surface area contributed by atoms with E-state index in [0.29, 0.717) is 56.0 Å². The van der Waals surface area contributed by atoms with E-state index in [4.69, 9.17) is 23.2 Å². The largest absolute Gasteiger partial charge is 0.416 e. The predicted octanol–water partition coefficient (Wildman–Crippen LogP) is 6.25. The molecule has 2 aliphatic rings. The Kier molecular flexibility index (Phi) is 8.83. The van der Waals surface area contributed by atoms with E-state index in [0.717, 1.165) is 0 Å². The molecule has 1 N–H and O–H groups in total. The number of aliphatic hydroxyl groups excluding tert-OH is 1. The van der Waals surface area contributed by atoms with Crippen LogP contribution in [0.5, 0.6) is 0 Å². The van der Waals surface area contributed by atoms with Crippen LogP contribution >= 0.6 is 23.2 Å². The highest BCUT2D eigenvalue weighted by Crippen LogP contribution is 2.38. The number of rotatable bonds is 7. The fourth-order valence-electron chi connectivity index (χ4n) is 5.58. The summed E-state index contributed by atoms with van der Waals surface area (Å²) in [4.78, 5) is 22.5. The number of alkyl halides is 6. The van der Waals surface area contributed by atoms with Gasteiger partial charge in [0.15, 0.2) is 5.82 Å². The van der Waals surface area contributed by atoms with Crippen molar-refractivity contribution in [2.75, 3.05) is 34.3 Å². The molecule has 8 nitrogen and oxygen atoms in total. The highest BCUT2D eigenvalue weighted by atomic mass is 35.5. The van der Waals surface area contributed by atoms with E-state index in [1.807, 2.05) is 16.7 Å². The minimum atomic E-state index is -4.99. The Hall–Kier alpha value is -3.10. The lowest BCUT2D eigenvalue weighted by Gasteiger charge is -2.30. The smallest absolute Gasteiger partial charge is 0.391 e. The van der Waals surface area contributed by atoms with Gasteiger partial charge in [-0.05, 0) is 54.6 Å². The third kappa shape index (κ3) is 7.01. The molecule has 16 heteroatoms. The molecule has 2 fully saturated rings. The normalized spacial score (nSPS) is 21.1. The van der Waals surface area contributed by atoms with Crippen molar-refractivity contribution in [3.05, 3.63) is 63.8 Å². The second kappa shape index (κ2) is 12.1. The zero-order chi connectivity index (χ0) is 31.1. The SMILES string of the molecule is CC[C@@H]1C[C@H](N(Cc2cc(C(F)(F)F)cc(C(F)(F)F)c2)c2ncc(N3CC[C@H](O)C3)cn2)CN1c1nc(Cl)ncc1Cl. The van der Waals surface area contributed by atoms with E-state index in [1.54, 1.807) is 4.90 Å². The summed E-state index contributed by atoms with van der Waals surface area (Å²) in [5.41, 5.74) is -2.36. The first-order chi connectivity index (χ1) is 20.2. The summed E-state index contributed by atoms with van der Waals surface area (Å²) in [5, 5.41) is 10.1. The first-order valence-electron chi connectivity index (χ1n) is 13.5. The Labute approximate surface area is 253 Å². The maximum absolute atomic E-state index is 13.7. The van der Waals surface area contributed by atoms with E-state index in [2.05, 4.69) is 19.9 Å². The van der Waals surface area contributed by atoms with E-state index in [-0.39, 0.29) is 47.0 Å². The molecule has 2 saturated heterocycles. The van der Waals surface area contributed by atoms with Gasteiger partial charge < -0.3 is 19.8 Å². The number of hydrogen-bond acceptors (Lipinski definition) is 8. The summed E-state index contributed by atoms with van der Waals surface area (Å²) in [7, 11) is 0. The molecule has 0 saturated carbocycles. The van der Waals surface area contributed by atoms with Crippen LogP contribution in [0, 0.1) is 0 Å². The zero-order valence-corrected chi connectivity index (χ0v) is 24.3. The van der Waals surface area contributed by atoms with Gasteiger partial charge in [0.05, 0.1) is 47.6 Å². The first kappa shape index (κ1) is 31.3. The van der Waals surface area contributed by atoms with Gasteiger partial charge in [0.1, 0.15) is 5.02 Å². The van der Waals surface area contributed by atoms with Crippen LogP contribution in [0.25, 0.3) is 0 Å². The number of halogens is 8. The number of aliphatic hydroxyl groups is 1. The van der Waals surface area contributed by atoms with Crippen LogP contribution in [0.3, 0.4) is 0 Å². The van der Waals surface area contributed by atoms with Crippen molar-refractivity contribution in [2.24, 2.45) is 0 Å². The Morgan fingerprint density at radius 1 is 0.953 bits per heavy atom. The monoisotopic (exact) mass is 649 g/mol. The molecule has 0 radical (unpaired) electrons. The number of hydrogen-bond donors (Lipinski definition) is 1. The lowest BCUT2D eigenvalue weighted by Crippen LogP contribution is -2.39. The predicted molar refractivity (Wildman–Crippen MR) is 149 cm³/mol. The number of benzene rings is 1. The van der Waals surface area contributed by atoms with Gasteiger partial charge in [-0.1, -0.05) is 18.5 Å². The Morgan fingerprint density at radius 2 is 1.60 bits per heavy atom. The molecule has 4 heterocycles. The highest BCUT2D eigenvalue weighted by molar-refractivity contribution is 6.33. The van der Waals surface area contributed by atoms with Gasteiger partial charge in [-0.2, -0.15) is 31.3 Å². The maximum Gasteiger partial charge on any atom is 0.416 e. The van der Waals surface area contributed by atoms with Crippen LogP contribution in [0.2, 0.25) is 10.3 Å². The van der Waals surface area contributed by atoms with Crippen LogP contribution in [-0.4, -0.2) is 62.9 Å². The van der Waals surface area contributed by atoms with Crippen LogP contribution in [0.15, 0.2) is 36.8 Å². The number of anilines is 3. The van der Waals surface area contributed by atoms with Crippen molar-refractivity contribution in [1.82, 2.24) is 19.9 Å². The summed E-state index contributed by atoms with van der Waals surface area (Å²) in [6.07, 6.45) is -4.35. The van der Waals surface area contributed by atoms with E-state index in [1.165, 1.54) is 18.6 Å². The van der Waals surface area contributed by atoms with Crippen molar-refractivity contribution >= 4 is 40.7 Å². The van der Waals surface area contributed by atoms with Crippen molar-refractivity contribution < 1.29 is 31.4 Å². The molecule has 3 aromatic rings. The molecule has 2 aliphatic heterocycles. The Balaban J connectivity index is 1.53. The van der Waals surface area contributed by atoms with Gasteiger partial charge in [-0.15, -0.1) is 0 Å². The summed E-state index contributed by atoms with van der Waals surface area (Å²) in [5.74, 6) is 0.501. The maximum atomic E-state index is 13.7. The topological polar surface area (TPSA) is 81.5 Å². The first-order valence-corrected chi connectivity index (χ1v) is 14.2. The third-order valence-corrected chi connectivity index (χ3v) is 8.13. The van der Waals surface area contributed by atoms with Crippen LogP contribution in [0.4, 0.5) is 43.8 Å². The fraction of sp³-hybridized carbons (Fsp3) is 0.481. The summed E-state index contributed by atoms with van der Waals surface area (Å²) in [6, 6.07) is 0.960. The number of nitrogens with zero attached hydrogens (tertiary/aromatic N) is 7. The molecular formula is C27H27Cl2F6N7O. The second-order valence-corrected chi connectivity index (χ2v) is 11.3. The fourth-order valence-corrected chi connectivity index (χ4v) is 5.90. The molecule has 0 spiro atoms. The van der Waals surface area contributed by atoms with Crippen molar-refractivity contribution in [3.63, 3.8) is 0 Å². The van der Waals surface area contributed by atoms with E-state index < -0.39 is 35.6 Å². The molecule has 232 valence electrons. The Morgan fingerprint density at radius 3 is 2.16 bits per heavy atom. The van der Waals surface area contributed by atoms with Crippen LogP contribution < -0.4 is 14.7 Å². The molecule has 0 unspecified atom stereocenters. The van der Waals surface area contributed by atoms with Gasteiger partial charge in [0.25, 0.3) is 0 Å². The van der Waals surface area contributed by atoms with Gasteiger partial charge in [-0.3, -0.25) is 0 Å².